The van der Waals surface area contributed by atoms with Crippen LogP contribution in [0.3, 0.4) is 0 Å². The first-order valence-corrected chi connectivity index (χ1v) is 5.43. The second-order valence-corrected chi connectivity index (χ2v) is 4.08. The quantitative estimate of drug-likeness (QED) is 0.472. The van der Waals surface area contributed by atoms with Gasteiger partial charge in [0, 0.05) is 0 Å². The van der Waals surface area contributed by atoms with Gasteiger partial charge in [0.05, 0.1) is 0 Å². The van der Waals surface area contributed by atoms with E-state index in [2.05, 4.69) is 5.32 Å². The van der Waals surface area contributed by atoms with Gasteiger partial charge in [0.2, 0.25) is 0 Å². The van der Waals surface area contributed by atoms with Crippen molar-refractivity contribution in [3.63, 3.8) is 0 Å². The number of nitrogens with one attached hydrogen (secondary N) is 1. The first kappa shape index (κ1) is 12.5. The molecule has 1 aliphatic rings. The number of hydrogen-bond acceptors (Lipinski definition) is 4. The van der Waals surface area contributed by atoms with Crippen molar-refractivity contribution in [3.8, 4) is 0 Å². The van der Waals surface area contributed by atoms with Crippen molar-refractivity contribution >= 4 is 13.1 Å². The smallest absolute Gasteiger partial charge is 0.451 e. The SMILES string of the molecule is O=C(O)C1NCCCC1CCCB(O)O. The summed E-state index contributed by atoms with van der Waals surface area (Å²) in [5.74, 6) is -0.681. The number of carboxylic acid groups (broad SMARTS) is 1. The highest BCUT2D eigenvalue weighted by atomic mass is 16.4. The van der Waals surface area contributed by atoms with E-state index in [1.807, 2.05) is 0 Å². The maximum Gasteiger partial charge on any atom is 0.451 e. The van der Waals surface area contributed by atoms with Gasteiger partial charge in [-0.15, -0.1) is 0 Å². The summed E-state index contributed by atoms with van der Waals surface area (Å²) >= 11 is 0. The number of piperidine rings is 1. The molecule has 0 saturated carbocycles. The fraction of sp³-hybridized carbons (Fsp3) is 0.889. The average molecular weight is 215 g/mol. The third-order valence-corrected chi connectivity index (χ3v) is 2.89. The first-order valence-electron chi connectivity index (χ1n) is 5.43. The van der Waals surface area contributed by atoms with Crippen LogP contribution in [0.15, 0.2) is 0 Å². The predicted octanol–water partition coefficient (Wildman–Crippen LogP) is -0.308. The molecule has 2 unspecified atom stereocenters. The maximum atomic E-state index is 10.9. The molecule has 0 aromatic rings. The first-order chi connectivity index (χ1) is 7.11. The Morgan fingerprint density at radius 1 is 1.47 bits per heavy atom. The van der Waals surface area contributed by atoms with Gasteiger partial charge in [-0.05, 0) is 38.0 Å². The summed E-state index contributed by atoms with van der Waals surface area (Å²) in [5, 5.41) is 29.3. The molecule has 1 fully saturated rings. The van der Waals surface area contributed by atoms with Crippen molar-refractivity contribution in [3.05, 3.63) is 0 Å². The minimum Gasteiger partial charge on any atom is -0.480 e. The van der Waals surface area contributed by atoms with Gasteiger partial charge in [-0.3, -0.25) is 4.79 Å². The molecular formula is C9H18BNO4. The molecule has 0 radical (unpaired) electrons. The van der Waals surface area contributed by atoms with Gasteiger partial charge in [0.25, 0.3) is 0 Å². The van der Waals surface area contributed by atoms with Crippen LogP contribution in [0.4, 0.5) is 0 Å². The van der Waals surface area contributed by atoms with Gasteiger partial charge in [0.15, 0.2) is 0 Å². The topological polar surface area (TPSA) is 89.8 Å². The molecular weight excluding hydrogens is 197 g/mol. The third kappa shape index (κ3) is 4.19. The fourth-order valence-electron chi connectivity index (χ4n) is 2.12. The maximum absolute atomic E-state index is 10.9. The highest BCUT2D eigenvalue weighted by molar-refractivity contribution is 6.40. The Kier molecular flexibility index (Phi) is 5.07. The molecule has 0 bridgehead atoms. The number of aliphatic carboxylic acids is 1. The Bertz CT molecular complexity index is 212. The van der Waals surface area contributed by atoms with Crippen LogP contribution in [0.1, 0.15) is 25.7 Å². The molecule has 1 rings (SSSR count). The van der Waals surface area contributed by atoms with Crippen molar-refractivity contribution in [1.82, 2.24) is 5.32 Å². The van der Waals surface area contributed by atoms with Crippen molar-refractivity contribution in [2.45, 2.75) is 38.0 Å². The molecule has 15 heavy (non-hydrogen) atoms. The van der Waals surface area contributed by atoms with Crippen molar-refractivity contribution in [2.24, 2.45) is 5.92 Å². The molecule has 0 aliphatic carbocycles. The van der Waals surface area contributed by atoms with Gasteiger partial charge < -0.3 is 20.5 Å². The standard InChI is InChI=1S/C9H18BNO4/c12-9(13)8-7(4-2-6-11-8)3-1-5-10(14)15/h7-8,11,14-15H,1-6H2,(H,12,13). The molecule has 0 aromatic carbocycles. The van der Waals surface area contributed by atoms with E-state index in [1.54, 1.807) is 0 Å². The molecule has 2 atom stereocenters. The highest BCUT2D eigenvalue weighted by Crippen LogP contribution is 2.22. The summed E-state index contributed by atoms with van der Waals surface area (Å²) in [5.41, 5.74) is 0. The monoisotopic (exact) mass is 215 g/mol. The Balaban J connectivity index is 2.33. The Hall–Kier alpha value is -0.585. The highest BCUT2D eigenvalue weighted by Gasteiger charge is 2.29. The fourth-order valence-corrected chi connectivity index (χ4v) is 2.12. The van der Waals surface area contributed by atoms with E-state index >= 15 is 0 Å². The summed E-state index contributed by atoms with van der Waals surface area (Å²) in [4.78, 5) is 10.9. The summed E-state index contributed by atoms with van der Waals surface area (Å²) in [6.45, 7) is 0.760. The van der Waals surface area contributed by atoms with E-state index in [0.29, 0.717) is 12.7 Å². The summed E-state index contributed by atoms with van der Waals surface area (Å²) < 4.78 is 0. The lowest BCUT2D eigenvalue weighted by molar-refractivity contribution is -0.141. The van der Waals surface area contributed by atoms with Crippen LogP contribution in [0.25, 0.3) is 0 Å². The minimum absolute atomic E-state index is 0.120. The number of hydrogen-bond donors (Lipinski definition) is 4. The lowest BCUT2D eigenvalue weighted by Gasteiger charge is -2.29. The average Bonchev–Trinajstić information content (AvgIpc) is 2.17. The van der Waals surface area contributed by atoms with E-state index in [9.17, 15) is 4.79 Å². The van der Waals surface area contributed by atoms with Gasteiger partial charge in [-0.1, -0.05) is 6.42 Å². The predicted molar refractivity (Wildman–Crippen MR) is 56.4 cm³/mol. The van der Waals surface area contributed by atoms with Crippen molar-refractivity contribution in [1.29, 1.82) is 0 Å². The van der Waals surface area contributed by atoms with E-state index in [4.69, 9.17) is 15.2 Å². The largest absolute Gasteiger partial charge is 0.480 e. The molecule has 0 spiro atoms. The summed E-state index contributed by atoms with van der Waals surface area (Å²) in [6, 6.07) is -0.463. The molecule has 6 heteroatoms. The van der Waals surface area contributed by atoms with Crippen LogP contribution in [-0.4, -0.2) is 40.8 Å². The van der Waals surface area contributed by atoms with Gasteiger partial charge >= 0.3 is 13.1 Å². The van der Waals surface area contributed by atoms with Crippen LogP contribution in [0, 0.1) is 5.92 Å². The zero-order valence-electron chi connectivity index (χ0n) is 8.72. The number of carboxylic acids is 1. The summed E-state index contributed by atoms with van der Waals surface area (Å²) in [7, 11) is -1.27. The Morgan fingerprint density at radius 3 is 2.80 bits per heavy atom. The zero-order chi connectivity index (χ0) is 11.3. The van der Waals surface area contributed by atoms with Crippen molar-refractivity contribution < 1.29 is 19.9 Å². The zero-order valence-corrected chi connectivity index (χ0v) is 8.72. The van der Waals surface area contributed by atoms with Crippen LogP contribution < -0.4 is 5.32 Å². The minimum atomic E-state index is -1.27. The molecule has 86 valence electrons. The van der Waals surface area contributed by atoms with Crippen LogP contribution >= 0.6 is 0 Å². The lowest BCUT2D eigenvalue weighted by atomic mass is 9.79. The number of rotatable bonds is 5. The van der Waals surface area contributed by atoms with Gasteiger partial charge in [-0.25, -0.2) is 0 Å². The third-order valence-electron chi connectivity index (χ3n) is 2.89. The van der Waals surface area contributed by atoms with Crippen LogP contribution in [0.5, 0.6) is 0 Å². The summed E-state index contributed by atoms with van der Waals surface area (Å²) in [6.07, 6.45) is 3.62. The van der Waals surface area contributed by atoms with E-state index in [1.165, 1.54) is 0 Å². The molecule has 1 saturated heterocycles. The molecule has 1 heterocycles. The molecule has 5 nitrogen and oxygen atoms in total. The normalized spacial score (nSPS) is 26.3. The Labute approximate surface area is 89.6 Å². The van der Waals surface area contributed by atoms with Gasteiger partial charge in [0.1, 0.15) is 6.04 Å². The molecule has 4 N–H and O–H groups in total. The van der Waals surface area contributed by atoms with Gasteiger partial charge in [-0.2, -0.15) is 0 Å². The van der Waals surface area contributed by atoms with Crippen LogP contribution in [-0.2, 0) is 4.79 Å². The number of carbonyl (C=O) groups is 1. The van der Waals surface area contributed by atoms with Crippen LogP contribution in [0.2, 0.25) is 6.32 Å². The molecule has 1 aliphatic heterocycles. The lowest BCUT2D eigenvalue weighted by Crippen LogP contribution is -2.46. The molecule has 0 amide bonds. The second-order valence-electron chi connectivity index (χ2n) is 4.08. The second kappa shape index (κ2) is 6.10. The Morgan fingerprint density at radius 2 is 2.20 bits per heavy atom. The van der Waals surface area contributed by atoms with E-state index < -0.39 is 19.1 Å². The van der Waals surface area contributed by atoms with E-state index in [-0.39, 0.29) is 5.92 Å². The van der Waals surface area contributed by atoms with Crippen molar-refractivity contribution in [2.75, 3.05) is 6.54 Å². The molecule has 0 aromatic heterocycles. The van der Waals surface area contributed by atoms with E-state index in [0.717, 1.165) is 25.8 Å².